The van der Waals surface area contributed by atoms with Crippen molar-refractivity contribution in [3.05, 3.63) is 23.8 Å². The summed E-state index contributed by atoms with van der Waals surface area (Å²) in [5.74, 6) is 0.502. The minimum Gasteiger partial charge on any atom is -0.504 e. The molecule has 0 aliphatic heterocycles. The fourth-order valence-electron chi connectivity index (χ4n) is 2.99. The number of nitrogens with one attached hydrogen (secondary N) is 1. The van der Waals surface area contributed by atoms with Gasteiger partial charge < -0.3 is 15.2 Å². The second-order valence-corrected chi connectivity index (χ2v) is 6.33. The summed E-state index contributed by atoms with van der Waals surface area (Å²) in [6.07, 6.45) is 6.51. The van der Waals surface area contributed by atoms with Gasteiger partial charge in [0.25, 0.3) is 0 Å². The first-order chi connectivity index (χ1) is 10.0. The normalized spacial score (nSPS) is 17.2. The highest BCUT2D eigenvalue weighted by molar-refractivity contribution is 5.78. The highest BCUT2D eigenvalue weighted by atomic mass is 16.5. The second kappa shape index (κ2) is 6.83. The van der Waals surface area contributed by atoms with Crippen LogP contribution in [0.1, 0.15) is 44.6 Å². The third kappa shape index (κ3) is 4.38. The van der Waals surface area contributed by atoms with E-state index in [-0.39, 0.29) is 23.5 Å². The molecule has 0 radical (unpaired) electrons. The number of hydrogen-bond donors (Lipinski definition) is 2. The average molecular weight is 291 g/mol. The van der Waals surface area contributed by atoms with Gasteiger partial charge in [0.1, 0.15) is 0 Å². The van der Waals surface area contributed by atoms with E-state index in [1.165, 1.54) is 39.2 Å². The standard InChI is InChI=1S/C17H25NO3/c1-17(8-4-3-5-9-17)12-18-16(20)11-13-6-7-15(21-2)14(19)10-13/h6-7,10,19H,3-5,8-9,11-12H2,1-2H3,(H,18,20). The summed E-state index contributed by atoms with van der Waals surface area (Å²) in [5, 5.41) is 12.8. The minimum absolute atomic E-state index is 0.00589. The van der Waals surface area contributed by atoms with Crippen molar-refractivity contribution in [3.63, 3.8) is 0 Å². The van der Waals surface area contributed by atoms with E-state index in [1.807, 2.05) is 0 Å². The molecule has 4 heteroatoms. The van der Waals surface area contributed by atoms with Gasteiger partial charge >= 0.3 is 0 Å². The van der Waals surface area contributed by atoms with Gasteiger partial charge in [0.05, 0.1) is 13.5 Å². The summed E-state index contributed by atoms with van der Waals surface area (Å²) >= 11 is 0. The number of ether oxygens (including phenoxy) is 1. The van der Waals surface area contributed by atoms with Crippen LogP contribution in [0.25, 0.3) is 0 Å². The number of rotatable bonds is 5. The van der Waals surface area contributed by atoms with Crippen molar-refractivity contribution < 1.29 is 14.6 Å². The maximum atomic E-state index is 12.0. The zero-order chi connectivity index (χ0) is 15.3. The first-order valence-corrected chi connectivity index (χ1v) is 7.65. The van der Waals surface area contributed by atoms with Crippen LogP contribution in [0, 0.1) is 5.41 Å². The SMILES string of the molecule is COc1ccc(CC(=O)NCC2(C)CCCCC2)cc1O. The number of benzene rings is 1. The molecule has 1 saturated carbocycles. The summed E-state index contributed by atoms with van der Waals surface area (Å²) in [6, 6.07) is 5.07. The average Bonchev–Trinajstić information content (AvgIpc) is 2.46. The zero-order valence-corrected chi connectivity index (χ0v) is 12.9. The maximum absolute atomic E-state index is 12.0. The van der Waals surface area contributed by atoms with E-state index in [1.54, 1.807) is 18.2 Å². The van der Waals surface area contributed by atoms with E-state index >= 15 is 0 Å². The maximum Gasteiger partial charge on any atom is 0.224 e. The number of phenols is 1. The van der Waals surface area contributed by atoms with Gasteiger partial charge in [-0.15, -0.1) is 0 Å². The van der Waals surface area contributed by atoms with Gasteiger partial charge in [-0.1, -0.05) is 32.3 Å². The summed E-state index contributed by atoms with van der Waals surface area (Å²) < 4.78 is 4.99. The molecule has 1 aromatic carbocycles. The first-order valence-electron chi connectivity index (χ1n) is 7.65. The van der Waals surface area contributed by atoms with Crippen LogP contribution in [0.5, 0.6) is 11.5 Å². The highest BCUT2D eigenvalue weighted by Gasteiger charge is 2.27. The zero-order valence-electron chi connectivity index (χ0n) is 12.9. The van der Waals surface area contributed by atoms with Crippen LogP contribution < -0.4 is 10.1 Å². The largest absolute Gasteiger partial charge is 0.504 e. The number of amides is 1. The highest BCUT2D eigenvalue weighted by Crippen LogP contribution is 2.35. The molecule has 0 bridgehead atoms. The number of aromatic hydroxyl groups is 1. The Morgan fingerprint density at radius 3 is 2.67 bits per heavy atom. The lowest BCUT2D eigenvalue weighted by Crippen LogP contribution is -2.37. The van der Waals surface area contributed by atoms with E-state index < -0.39 is 0 Å². The molecule has 116 valence electrons. The summed E-state index contributed by atoms with van der Waals surface area (Å²) in [7, 11) is 1.51. The Morgan fingerprint density at radius 2 is 2.05 bits per heavy atom. The molecule has 1 amide bonds. The van der Waals surface area contributed by atoms with Crippen molar-refractivity contribution in [2.75, 3.05) is 13.7 Å². The molecule has 1 fully saturated rings. The fraction of sp³-hybridized carbons (Fsp3) is 0.588. The van der Waals surface area contributed by atoms with Crippen molar-refractivity contribution in [2.24, 2.45) is 5.41 Å². The van der Waals surface area contributed by atoms with Gasteiger partial charge in [0.2, 0.25) is 5.91 Å². The molecule has 0 saturated heterocycles. The lowest BCUT2D eigenvalue weighted by molar-refractivity contribution is -0.121. The van der Waals surface area contributed by atoms with E-state index in [2.05, 4.69) is 12.2 Å². The van der Waals surface area contributed by atoms with Crippen LogP contribution in [0.15, 0.2) is 18.2 Å². The lowest BCUT2D eigenvalue weighted by Gasteiger charge is -2.33. The van der Waals surface area contributed by atoms with Crippen molar-refractivity contribution in [1.82, 2.24) is 5.32 Å². The summed E-state index contributed by atoms with van der Waals surface area (Å²) in [6.45, 7) is 3.00. The molecule has 2 N–H and O–H groups in total. The molecule has 2 rings (SSSR count). The first kappa shape index (κ1) is 15.7. The number of hydrogen-bond acceptors (Lipinski definition) is 3. The molecular weight excluding hydrogens is 266 g/mol. The smallest absolute Gasteiger partial charge is 0.224 e. The molecule has 0 unspecified atom stereocenters. The number of carbonyl (C=O) groups excluding carboxylic acids is 1. The van der Waals surface area contributed by atoms with Gasteiger partial charge in [-0.2, -0.15) is 0 Å². The predicted molar refractivity (Wildman–Crippen MR) is 82.6 cm³/mol. The van der Waals surface area contributed by atoms with E-state index in [0.29, 0.717) is 5.75 Å². The summed E-state index contributed by atoms with van der Waals surface area (Å²) in [4.78, 5) is 12.0. The summed E-state index contributed by atoms with van der Waals surface area (Å²) in [5.41, 5.74) is 1.04. The number of carbonyl (C=O) groups is 1. The molecule has 4 nitrogen and oxygen atoms in total. The molecule has 0 spiro atoms. The molecule has 1 aromatic rings. The van der Waals surface area contributed by atoms with Crippen LogP contribution in [-0.4, -0.2) is 24.7 Å². The van der Waals surface area contributed by atoms with E-state index in [4.69, 9.17) is 4.74 Å². The fourth-order valence-corrected chi connectivity index (χ4v) is 2.99. The van der Waals surface area contributed by atoms with Gasteiger partial charge in [0.15, 0.2) is 11.5 Å². The third-order valence-electron chi connectivity index (χ3n) is 4.38. The Hall–Kier alpha value is -1.71. The monoisotopic (exact) mass is 291 g/mol. The number of phenolic OH excluding ortho intramolecular Hbond substituents is 1. The van der Waals surface area contributed by atoms with Crippen molar-refractivity contribution >= 4 is 5.91 Å². The topological polar surface area (TPSA) is 58.6 Å². The van der Waals surface area contributed by atoms with E-state index in [0.717, 1.165) is 12.1 Å². The molecule has 1 aliphatic rings. The van der Waals surface area contributed by atoms with Crippen LogP contribution in [-0.2, 0) is 11.2 Å². The van der Waals surface area contributed by atoms with Crippen molar-refractivity contribution in [1.29, 1.82) is 0 Å². The molecule has 0 heterocycles. The Morgan fingerprint density at radius 1 is 1.33 bits per heavy atom. The number of methoxy groups -OCH3 is 1. The minimum atomic E-state index is 0.00589. The van der Waals surface area contributed by atoms with Gasteiger partial charge in [-0.3, -0.25) is 4.79 Å². The molecule has 0 aromatic heterocycles. The van der Waals surface area contributed by atoms with Gasteiger partial charge in [-0.25, -0.2) is 0 Å². The predicted octanol–water partition coefficient (Wildman–Crippen LogP) is 3.03. The van der Waals surface area contributed by atoms with Gasteiger partial charge in [0, 0.05) is 6.54 Å². The molecule has 21 heavy (non-hydrogen) atoms. The molecule has 1 aliphatic carbocycles. The Balaban J connectivity index is 1.85. The quantitative estimate of drug-likeness (QED) is 0.876. The van der Waals surface area contributed by atoms with Crippen LogP contribution >= 0.6 is 0 Å². The molecule has 0 atom stereocenters. The lowest BCUT2D eigenvalue weighted by atomic mass is 9.76. The Bertz CT molecular complexity index is 493. The Labute approximate surface area is 126 Å². The Kier molecular flexibility index (Phi) is 5.10. The van der Waals surface area contributed by atoms with Crippen molar-refractivity contribution in [3.8, 4) is 11.5 Å². The third-order valence-corrected chi connectivity index (χ3v) is 4.38. The molecular formula is C17H25NO3. The van der Waals surface area contributed by atoms with E-state index in [9.17, 15) is 9.90 Å². The van der Waals surface area contributed by atoms with Crippen LogP contribution in [0.4, 0.5) is 0 Å². The van der Waals surface area contributed by atoms with Gasteiger partial charge in [-0.05, 0) is 36.0 Å². The van der Waals surface area contributed by atoms with Crippen LogP contribution in [0.3, 0.4) is 0 Å². The second-order valence-electron chi connectivity index (χ2n) is 6.33. The van der Waals surface area contributed by atoms with Crippen molar-refractivity contribution in [2.45, 2.75) is 45.4 Å². The van der Waals surface area contributed by atoms with Crippen LogP contribution in [0.2, 0.25) is 0 Å².